The van der Waals surface area contributed by atoms with Crippen LogP contribution in [0.3, 0.4) is 0 Å². The summed E-state index contributed by atoms with van der Waals surface area (Å²) < 4.78 is 4.85. The van der Waals surface area contributed by atoms with Crippen LogP contribution >= 0.6 is 11.3 Å². The van der Waals surface area contributed by atoms with Gasteiger partial charge in [0.2, 0.25) is 5.01 Å². The molecule has 0 aromatic carbocycles. The fourth-order valence-electron chi connectivity index (χ4n) is 1.94. The average Bonchev–Trinajstić information content (AvgIpc) is 2.97. The van der Waals surface area contributed by atoms with Crippen molar-refractivity contribution in [3.8, 4) is 0 Å². The molecule has 1 saturated heterocycles. The third-order valence-corrected chi connectivity index (χ3v) is 3.84. The van der Waals surface area contributed by atoms with Gasteiger partial charge in [0.05, 0.1) is 12.8 Å². The number of hydrogen-bond donors (Lipinski definition) is 0. The topological polar surface area (TPSA) is 59.5 Å². The highest BCUT2D eigenvalue weighted by atomic mass is 32.1. The van der Waals surface area contributed by atoms with Crippen LogP contribution in [0.1, 0.15) is 39.7 Å². The molecular weight excluding hydrogens is 252 g/mol. The normalized spacial score (nSPS) is 19.0. The van der Waals surface area contributed by atoms with Crippen LogP contribution in [0.15, 0.2) is 6.20 Å². The summed E-state index contributed by atoms with van der Waals surface area (Å²) in [6, 6.07) is 0. The standard InChI is InChI=1S/C12H16N2O3S/c1-3-17-12(16)10-13-6-9(18-10)11(15)14-5-4-8(2)7-14/h6,8H,3-5,7H2,1-2H3. The molecule has 1 aromatic rings. The summed E-state index contributed by atoms with van der Waals surface area (Å²) in [4.78, 5) is 29.8. The van der Waals surface area contributed by atoms with Crippen molar-refractivity contribution < 1.29 is 14.3 Å². The van der Waals surface area contributed by atoms with E-state index in [1.165, 1.54) is 6.20 Å². The van der Waals surface area contributed by atoms with Gasteiger partial charge in [-0.15, -0.1) is 11.3 Å². The number of carbonyl (C=O) groups is 2. The Bertz CT molecular complexity index is 458. The molecule has 0 N–H and O–H groups in total. The SMILES string of the molecule is CCOC(=O)c1ncc(C(=O)N2CCC(C)C2)s1. The van der Waals surface area contributed by atoms with Gasteiger partial charge in [0.25, 0.3) is 5.91 Å². The zero-order valence-electron chi connectivity index (χ0n) is 10.5. The van der Waals surface area contributed by atoms with Gasteiger partial charge in [0.15, 0.2) is 0 Å². The Morgan fingerprint density at radius 3 is 3.00 bits per heavy atom. The minimum absolute atomic E-state index is 0.0348. The van der Waals surface area contributed by atoms with Crippen molar-refractivity contribution in [3.63, 3.8) is 0 Å². The summed E-state index contributed by atoms with van der Waals surface area (Å²) in [6.07, 6.45) is 2.50. The van der Waals surface area contributed by atoms with E-state index >= 15 is 0 Å². The number of amides is 1. The quantitative estimate of drug-likeness (QED) is 0.784. The highest BCUT2D eigenvalue weighted by Gasteiger charge is 2.26. The predicted octanol–water partition coefficient (Wildman–Crippen LogP) is 1.80. The van der Waals surface area contributed by atoms with E-state index in [0.717, 1.165) is 30.8 Å². The van der Waals surface area contributed by atoms with Crippen LogP contribution in [-0.2, 0) is 4.74 Å². The van der Waals surface area contributed by atoms with Crippen LogP contribution in [0.4, 0.5) is 0 Å². The van der Waals surface area contributed by atoms with Crippen molar-refractivity contribution in [3.05, 3.63) is 16.1 Å². The Morgan fingerprint density at radius 2 is 2.39 bits per heavy atom. The molecule has 6 heteroatoms. The summed E-state index contributed by atoms with van der Waals surface area (Å²) in [5.41, 5.74) is 0. The molecule has 1 aliphatic rings. The van der Waals surface area contributed by atoms with Gasteiger partial charge in [0.1, 0.15) is 4.88 Å². The molecule has 1 aromatic heterocycles. The third-order valence-electron chi connectivity index (χ3n) is 2.88. The van der Waals surface area contributed by atoms with Crippen molar-refractivity contribution in [1.29, 1.82) is 0 Å². The molecule has 98 valence electrons. The second-order valence-corrected chi connectivity index (χ2v) is 5.43. The highest BCUT2D eigenvalue weighted by Crippen LogP contribution is 2.21. The summed E-state index contributed by atoms with van der Waals surface area (Å²) in [5, 5.41) is 0.243. The minimum atomic E-state index is -0.462. The predicted molar refractivity (Wildman–Crippen MR) is 67.8 cm³/mol. The molecule has 0 bridgehead atoms. The van der Waals surface area contributed by atoms with E-state index in [4.69, 9.17) is 4.74 Å². The number of esters is 1. The van der Waals surface area contributed by atoms with Crippen LogP contribution in [0.2, 0.25) is 0 Å². The summed E-state index contributed by atoms with van der Waals surface area (Å²) >= 11 is 1.10. The second-order valence-electron chi connectivity index (χ2n) is 4.40. The molecule has 5 nitrogen and oxygen atoms in total. The van der Waals surface area contributed by atoms with E-state index in [-0.39, 0.29) is 10.9 Å². The molecule has 0 radical (unpaired) electrons. The number of carbonyl (C=O) groups excluding carboxylic acids is 2. The second kappa shape index (κ2) is 5.48. The van der Waals surface area contributed by atoms with Crippen molar-refractivity contribution in [2.75, 3.05) is 19.7 Å². The lowest BCUT2D eigenvalue weighted by molar-refractivity contribution is 0.0525. The fourth-order valence-corrected chi connectivity index (χ4v) is 2.71. The van der Waals surface area contributed by atoms with Gasteiger partial charge in [-0.1, -0.05) is 6.92 Å². The average molecular weight is 268 g/mol. The fraction of sp³-hybridized carbons (Fsp3) is 0.583. The summed E-state index contributed by atoms with van der Waals surface area (Å²) in [7, 11) is 0. The minimum Gasteiger partial charge on any atom is -0.461 e. The van der Waals surface area contributed by atoms with E-state index in [1.54, 1.807) is 6.92 Å². The van der Waals surface area contributed by atoms with Gasteiger partial charge in [-0.05, 0) is 19.3 Å². The molecule has 1 unspecified atom stereocenters. The Morgan fingerprint density at radius 1 is 1.61 bits per heavy atom. The van der Waals surface area contributed by atoms with Gasteiger partial charge in [-0.2, -0.15) is 0 Å². The molecule has 1 atom stereocenters. The summed E-state index contributed by atoms with van der Waals surface area (Å²) in [6.45, 7) is 5.75. The lowest BCUT2D eigenvalue weighted by Gasteiger charge is -2.13. The first kappa shape index (κ1) is 13.0. The van der Waals surface area contributed by atoms with Crippen LogP contribution in [-0.4, -0.2) is 41.5 Å². The molecule has 0 saturated carbocycles. The van der Waals surface area contributed by atoms with Gasteiger partial charge in [-0.25, -0.2) is 9.78 Å². The molecule has 1 amide bonds. The monoisotopic (exact) mass is 268 g/mol. The van der Waals surface area contributed by atoms with Crippen molar-refractivity contribution in [1.82, 2.24) is 9.88 Å². The lowest BCUT2D eigenvalue weighted by atomic mass is 10.2. The van der Waals surface area contributed by atoms with Crippen LogP contribution in [0.5, 0.6) is 0 Å². The number of rotatable bonds is 3. The third kappa shape index (κ3) is 2.69. The van der Waals surface area contributed by atoms with Crippen molar-refractivity contribution >= 4 is 23.2 Å². The van der Waals surface area contributed by atoms with E-state index in [9.17, 15) is 9.59 Å². The molecule has 2 heterocycles. The molecule has 2 rings (SSSR count). The number of thiazole rings is 1. The maximum atomic E-state index is 12.1. The number of hydrogen-bond acceptors (Lipinski definition) is 5. The lowest BCUT2D eigenvalue weighted by Crippen LogP contribution is -2.27. The zero-order chi connectivity index (χ0) is 13.1. The first-order valence-corrected chi connectivity index (χ1v) is 6.85. The van der Waals surface area contributed by atoms with Crippen LogP contribution in [0.25, 0.3) is 0 Å². The Kier molecular flexibility index (Phi) is 3.96. The maximum absolute atomic E-state index is 12.1. The van der Waals surface area contributed by atoms with E-state index < -0.39 is 5.97 Å². The van der Waals surface area contributed by atoms with Crippen LogP contribution < -0.4 is 0 Å². The van der Waals surface area contributed by atoms with E-state index in [0.29, 0.717) is 17.4 Å². The summed E-state index contributed by atoms with van der Waals surface area (Å²) in [5.74, 6) is 0.0511. The van der Waals surface area contributed by atoms with E-state index in [2.05, 4.69) is 11.9 Å². The van der Waals surface area contributed by atoms with Gasteiger partial charge < -0.3 is 9.64 Å². The Balaban J connectivity index is 2.05. The number of ether oxygens (including phenoxy) is 1. The molecule has 0 spiro atoms. The zero-order valence-corrected chi connectivity index (χ0v) is 11.3. The van der Waals surface area contributed by atoms with Gasteiger partial charge in [0, 0.05) is 13.1 Å². The molecule has 1 aliphatic heterocycles. The Hall–Kier alpha value is -1.43. The first-order chi connectivity index (χ1) is 8.61. The number of nitrogens with zero attached hydrogens (tertiary/aromatic N) is 2. The van der Waals surface area contributed by atoms with Crippen molar-refractivity contribution in [2.45, 2.75) is 20.3 Å². The highest BCUT2D eigenvalue weighted by molar-refractivity contribution is 7.15. The van der Waals surface area contributed by atoms with Crippen molar-refractivity contribution in [2.24, 2.45) is 5.92 Å². The molecule has 0 aliphatic carbocycles. The molecular formula is C12H16N2O3S. The molecule has 18 heavy (non-hydrogen) atoms. The smallest absolute Gasteiger partial charge is 0.367 e. The number of likely N-dealkylation sites (tertiary alicyclic amines) is 1. The number of aromatic nitrogens is 1. The Labute approximate surface area is 110 Å². The first-order valence-electron chi connectivity index (χ1n) is 6.04. The van der Waals surface area contributed by atoms with Crippen LogP contribution in [0, 0.1) is 5.92 Å². The largest absolute Gasteiger partial charge is 0.461 e. The van der Waals surface area contributed by atoms with E-state index in [1.807, 2.05) is 4.90 Å². The van der Waals surface area contributed by atoms with Gasteiger partial charge in [-0.3, -0.25) is 4.79 Å². The molecule has 1 fully saturated rings. The van der Waals surface area contributed by atoms with Gasteiger partial charge >= 0.3 is 5.97 Å². The maximum Gasteiger partial charge on any atom is 0.367 e.